The van der Waals surface area contributed by atoms with Crippen LogP contribution in [0.4, 0.5) is 17.3 Å². The minimum atomic E-state index is -0.0674. The Balaban J connectivity index is 1.53. The van der Waals surface area contributed by atoms with Gasteiger partial charge in [-0.05, 0) is 49.8 Å². The summed E-state index contributed by atoms with van der Waals surface area (Å²) < 4.78 is 5.80. The van der Waals surface area contributed by atoms with Crippen molar-refractivity contribution < 1.29 is 9.53 Å². The quantitative estimate of drug-likeness (QED) is 0.437. The molecule has 8 nitrogen and oxygen atoms in total. The summed E-state index contributed by atoms with van der Waals surface area (Å²) in [5.41, 5.74) is 3.02. The molecule has 2 aliphatic rings. The summed E-state index contributed by atoms with van der Waals surface area (Å²) in [6.07, 6.45) is 4.69. The number of carbonyl (C=O) groups excluding carboxylic acids is 1. The zero-order chi connectivity index (χ0) is 22.3. The monoisotopic (exact) mass is 438 g/mol. The van der Waals surface area contributed by atoms with E-state index in [1.807, 2.05) is 11.8 Å². The highest BCUT2D eigenvalue weighted by Crippen LogP contribution is 2.36. The van der Waals surface area contributed by atoms with E-state index in [1.165, 1.54) is 18.4 Å². The molecule has 2 heterocycles. The van der Waals surface area contributed by atoms with Crippen LogP contribution in [0.1, 0.15) is 50.7 Å². The Bertz CT molecular complexity index is 931. The van der Waals surface area contributed by atoms with Crippen LogP contribution < -0.4 is 25.6 Å². The van der Waals surface area contributed by atoms with Gasteiger partial charge in [-0.3, -0.25) is 4.79 Å². The highest BCUT2D eigenvalue weighted by Gasteiger charge is 2.28. The largest absolute Gasteiger partial charge is 0.463 e. The van der Waals surface area contributed by atoms with Crippen LogP contribution in [0.25, 0.3) is 0 Å². The first-order valence-corrected chi connectivity index (χ1v) is 11.8. The van der Waals surface area contributed by atoms with E-state index < -0.39 is 0 Å². The van der Waals surface area contributed by atoms with E-state index in [0.29, 0.717) is 43.0 Å². The first-order valence-electron chi connectivity index (χ1n) is 11.8. The zero-order valence-corrected chi connectivity index (χ0v) is 19.1. The second-order valence-corrected chi connectivity index (χ2v) is 8.58. The highest BCUT2D eigenvalue weighted by atomic mass is 16.5. The Kier molecular flexibility index (Phi) is 7.42. The number of unbranched alkanes of at least 4 members (excludes halogenated alkanes) is 1. The third-order valence-corrected chi connectivity index (χ3v) is 5.66. The number of hydrogen-bond donors (Lipinski definition) is 3. The number of rotatable bonds is 12. The van der Waals surface area contributed by atoms with Crippen LogP contribution in [-0.4, -0.2) is 42.1 Å². The van der Waals surface area contributed by atoms with Gasteiger partial charge in [0.25, 0.3) is 0 Å². The number of anilines is 3. The maximum absolute atomic E-state index is 12.5. The number of nitrogens with one attached hydrogen (secondary N) is 3. The van der Waals surface area contributed by atoms with Crippen LogP contribution in [0.15, 0.2) is 24.3 Å². The average molecular weight is 439 g/mol. The lowest BCUT2D eigenvalue weighted by atomic mass is 10.1. The van der Waals surface area contributed by atoms with Gasteiger partial charge in [0.2, 0.25) is 5.91 Å². The van der Waals surface area contributed by atoms with E-state index in [-0.39, 0.29) is 12.5 Å². The summed E-state index contributed by atoms with van der Waals surface area (Å²) in [4.78, 5) is 23.6. The second kappa shape index (κ2) is 10.6. The fourth-order valence-corrected chi connectivity index (χ4v) is 3.80. The summed E-state index contributed by atoms with van der Waals surface area (Å²) in [7, 11) is 0. The van der Waals surface area contributed by atoms with Crippen molar-refractivity contribution in [3.05, 3.63) is 35.4 Å². The normalized spacial score (nSPS) is 15.3. The number of nitrogens with zero attached hydrogens (tertiary/aromatic N) is 3. The van der Waals surface area contributed by atoms with Crippen molar-refractivity contribution in [1.29, 1.82) is 0 Å². The summed E-state index contributed by atoms with van der Waals surface area (Å²) in [5, 5.41) is 9.73. The number of carbonyl (C=O) groups is 1. The number of fused-ring (bicyclic) bond motifs is 1. The minimum absolute atomic E-state index is 0.0674. The molecule has 172 valence electrons. The molecule has 1 aliphatic carbocycles. The van der Waals surface area contributed by atoms with Gasteiger partial charge in [0, 0.05) is 19.6 Å². The molecule has 32 heavy (non-hydrogen) atoms. The van der Waals surface area contributed by atoms with E-state index in [9.17, 15) is 4.79 Å². The topological polar surface area (TPSA) is 91.4 Å². The van der Waals surface area contributed by atoms with Gasteiger partial charge < -0.3 is 25.6 Å². The average Bonchev–Trinajstić information content (AvgIpc) is 3.60. The molecule has 4 rings (SSSR count). The van der Waals surface area contributed by atoms with Crippen molar-refractivity contribution in [2.75, 3.05) is 41.8 Å². The molecule has 1 amide bonds. The molecule has 8 heteroatoms. The van der Waals surface area contributed by atoms with Gasteiger partial charge in [0.1, 0.15) is 5.69 Å². The third kappa shape index (κ3) is 5.88. The summed E-state index contributed by atoms with van der Waals surface area (Å²) >= 11 is 0. The first-order chi connectivity index (χ1) is 15.7. The van der Waals surface area contributed by atoms with Crippen molar-refractivity contribution in [2.24, 2.45) is 5.92 Å². The first kappa shape index (κ1) is 22.3. The third-order valence-electron chi connectivity index (χ3n) is 5.66. The lowest BCUT2D eigenvalue weighted by molar-refractivity contribution is -0.115. The number of benzene rings is 1. The summed E-state index contributed by atoms with van der Waals surface area (Å²) in [6, 6.07) is 8.87. The smallest absolute Gasteiger partial charge is 0.320 e. The van der Waals surface area contributed by atoms with Crippen molar-refractivity contribution in [1.82, 2.24) is 15.3 Å². The fraction of sp³-hybridized carbons (Fsp3) is 0.542. The van der Waals surface area contributed by atoms with Crippen molar-refractivity contribution in [3.8, 4) is 6.01 Å². The highest BCUT2D eigenvalue weighted by molar-refractivity contribution is 6.03. The number of ether oxygens (including phenoxy) is 1. The van der Waals surface area contributed by atoms with Gasteiger partial charge >= 0.3 is 6.01 Å². The van der Waals surface area contributed by atoms with Gasteiger partial charge in [-0.25, -0.2) is 0 Å². The van der Waals surface area contributed by atoms with Crippen LogP contribution in [0, 0.1) is 5.92 Å². The molecule has 1 aromatic carbocycles. The predicted octanol–water partition coefficient (Wildman–Crippen LogP) is 3.55. The molecule has 0 unspecified atom stereocenters. The van der Waals surface area contributed by atoms with Crippen molar-refractivity contribution >= 4 is 23.2 Å². The Labute approximate surface area is 190 Å². The van der Waals surface area contributed by atoms with E-state index in [0.717, 1.165) is 37.4 Å². The molecule has 1 saturated carbocycles. The van der Waals surface area contributed by atoms with Crippen LogP contribution in [0.5, 0.6) is 6.01 Å². The van der Waals surface area contributed by atoms with Gasteiger partial charge in [-0.15, -0.1) is 0 Å². The molecule has 1 aromatic heterocycles. The standard InChI is InChI=1S/C24H34N6O2/c1-3-5-11-32-24-28-22(26-4-2)21-23(29-24)30(16-20(31)27-21)15-19-8-6-7-18(12-19)14-25-13-17-9-10-17/h6-8,12,17,25H,3-5,9-11,13-16H2,1-2H3,(H,27,31)(H,26,28,29). The molecule has 3 N–H and O–H groups in total. The van der Waals surface area contributed by atoms with Crippen molar-refractivity contribution in [2.45, 2.75) is 52.6 Å². The predicted molar refractivity (Wildman–Crippen MR) is 127 cm³/mol. The number of aromatic nitrogens is 2. The summed E-state index contributed by atoms with van der Waals surface area (Å²) in [5.74, 6) is 2.09. The lowest BCUT2D eigenvalue weighted by Crippen LogP contribution is -2.39. The van der Waals surface area contributed by atoms with Crippen LogP contribution in [0.3, 0.4) is 0 Å². The molecule has 0 radical (unpaired) electrons. The number of hydrogen-bond acceptors (Lipinski definition) is 7. The maximum Gasteiger partial charge on any atom is 0.320 e. The number of amides is 1. The van der Waals surface area contributed by atoms with E-state index >= 15 is 0 Å². The molecule has 0 saturated heterocycles. The molecular weight excluding hydrogens is 404 g/mol. The minimum Gasteiger partial charge on any atom is -0.463 e. The van der Waals surface area contributed by atoms with E-state index in [1.54, 1.807) is 0 Å². The Morgan fingerprint density at radius 3 is 2.84 bits per heavy atom. The van der Waals surface area contributed by atoms with E-state index in [2.05, 4.69) is 57.1 Å². The zero-order valence-electron chi connectivity index (χ0n) is 19.1. The molecule has 2 aromatic rings. The Morgan fingerprint density at radius 2 is 2.06 bits per heavy atom. The molecule has 0 bridgehead atoms. The Hall–Kier alpha value is -2.87. The van der Waals surface area contributed by atoms with Gasteiger partial charge in [-0.2, -0.15) is 9.97 Å². The van der Waals surface area contributed by atoms with Gasteiger partial charge in [0.05, 0.1) is 13.2 Å². The van der Waals surface area contributed by atoms with Crippen LogP contribution in [0.2, 0.25) is 0 Å². The van der Waals surface area contributed by atoms with Gasteiger partial charge in [-0.1, -0.05) is 37.6 Å². The van der Waals surface area contributed by atoms with Crippen molar-refractivity contribution in [3.63, 3.8) is 0 Å². The molecular formula is C24H34N6O2. The van der Waals surface area contributed by atoms with Gasteiger partial charge in [0.15, 0.2) is 11.6 Å². The SMILES string of the molecule is CCCCOc1nc(NCC)c2c(n1)N(Cc1cccc(CNCC3CC3)c1)CC(=O)N2. The van der Waals surface area contributed by atoms with Crippen LogP contribution in [-0.2, 0) is 17.9 Å². The second-order valence-electron chi connectivity index (χ2n) is 8.58. The molecule has 1 fully saturated rings. The van der Waals surface area contributed by atoms with E-state index in [4.69, 9.17) is 4.74 Å². The maximum atomic E-state index is 12.5. The summed E-state index contributed by atoms with van der Waals surface area (Å²) in [6.45, 7) is 8.17. The molecule has 0 spiro atoms. The molecule has 0 atom stereocenters. The fourth-order valence-electron chi connectivity index (χ4n) is 3.80. The van der Waals surface area contributed by atoms with Crippen LogP contribution >= 0.6 is 0 Å². The Morgan fingerprint density at radius 1 is 1.22 bits per heavy atom. The lowest BCUT2D eigenvalue weighted by Gasteiger charge is -2.31. The molecule has 1 aliphatic heterocycles.